The first-order chi connectivity index (χ1) is 9.26. The maximum absolute atomic E-state index is 11.7. The van der Waals surface area contributed by atoms with Crippen LogP contribution in [0.2, 0.25) is 0 Å². The van der Waals surface area contributed by atoms with Crippen molar-refractivity contribution < 1.29 is 4.79 Å². The van der Waals surface area contributed by atoms with E-state index in [0.29, 0.717) is 13.0 Å². The highest BCUT2D eigenvalue weighted by Crippen LogP contribution is 2.11. The minimum Gasteiger partial charge on any atom is -0.390 e. The standard InChI is InChI=1S/C15H23N3O/c1-2-5-13-7-9-14(10-8-13)18-15(19)6-3-4-11-17-12-16/h7-10,12H,2-6,11H2,1H3,(H2,16,17)(H,18,19). The molecule has 0 saturated carbocycles. The molecule has 0 aliphatic rings. The summed E-state index contributed by atoms with van der Waals surface area (Å²) in [6.07, 6.45) is 5.76. The van der Waals surface area contributed by atoms with Gasteiger partial charge in [0.1, 0.15) is 0 Å². The van der Waals surface area contributed by atoms with Gasteiger partial charge in [0.05, 0.1) is 6.34 Å². The SMILES string of the molecule is CCCc1ccc(NC(=O)CCCCN=CN)cc1. The van der Waals surface area contributed by atoms with Crippen molar-refractivity contribution in [3.8, 4) is 0 Å². The van der Waals surface area contributed by atoms with Gasteiger partial charge in [-0.05, 0) is 37.0 Å². The van der Waals surface area contributed by atoms with E-state index in [-0.39, 0.29) is 5.91 Å². The van der Waals surface area contributed by atoms with Crippen LogP contribution in [0.4, 0.5) is 5.69 Å². The normalized spacial score (nSPS) is 10.8. The average molecular weight is 261 g/mol. The largest absolute Gasteiger partial charge is 0.390 e. The molecule has 19 heavy (non-hydrogen) atoms. The van der Waals surface area contributed by atoms with Crippen LogP contribution in [-0.2, 0) is 11.2 Å². The van der Waals surface area contributed by atoms with Crippen LogP contribution in [0.15, 0.2) is 29.3 Å². The number of anilines is 1. The van der Waals surface area contributed by atoms with Crippen molar-refractivity contribution in [1.29, 1.82) is 0 Å². The van der Waals surface area contributed by atoms with E-state index in [1.807, 2.05) is 12.1 Å². The number of nitrogens with one attached hydrogen (secondary N) is 1. The number of hydrogen-bond acceptors (Lipinski definition) is 2. The maximum atomic E-state index is 11.7. The topological polar surface area (TPSA) is 67.5 Å². The first kappa shape index (κ1) is 15.2. The lowest BCUT2D eigenvalue weighted by atomic mass is 10.1. The zero-order valence-electron chi connectivity index (χ0n) is 11.6. The Hall–Kier alpha value is -1.84. The molecule has 104 valence electrons. The summed E-state index contributed by atoms with van der Waals surface area (Å²) in [5, 5.41) is 2.90. The average Bonchev–Trinajstić information content (AvgIpc) is 2.41. The molecular formula is C15H23N3O. The minimum atomic E-state index is 0.0555. The Kier molecular flexibility index (Phi) is 7.32. The third-order valence-corrected chi connectivity index (χ3v) is 2.82. The molecule has 0 spiro atoms. The Morgan fingerprint density at radius 1 is 1.32 bits per heavy atom. The highest BCUT2D eigenvalue weighted by Gasteiger charge is 2.02. The van der Waals surface area contributed by atoms with Gasteiger partial charge in [0, 0.05) is 18.7 Å². The van der Waals surface area contributed by atoms with E-state index in [4.69, 9.17) is 5.73 Å². The molecule has 0 bridgehead atoms. The van der Waals surface area contributed by atoms with Gasteiger partial charge >= 0.3 is 0 Å². The third-order valence-electron chi connectivity index (χ3n) is 2.82. The molecule has 3 N–H and O–H groups in total. The van der Waals surface area contributed by atoms with Gasteiger partial charge in [-0.3, -0.25) is 9.79 Å². The number of aliphatic imine (C=N–C) groups is 1. The molecule has 0 aliphatic heterocycles. The van der Waals surface area contributed by atoms with Crippen molar-refractivity contribution >= 4 is 17.9 Å². The number of carbonyl (C=O) groups is 1. The summed E-state index contributed by atoms with van der Waals surface area (Å²) in [5.41, 5.74) is 7.31. The zero-order chi connectivity index (χ0) is 13.9. The number of nitrogens with two attached hydrogens (primary N) is 1. The van der Waals surface area contributed by atoms with E-state index in [2.05, 4.69) is 29.4 Å². The van der Waals surface area contributed by atoms with Crippen molar-refractivity contribution in [2.24, 2.45) is 10.7 Å². The first-order valence-electron chi connectivity index (χ1n) is 6.85. The van der Waals surface area contributed by atoms with E-state index in [9.17, 15) is 4.79 Å². The number of hydrogen-bond donors (Lipinski definition) is 2. The Morgan fingerprint density at radius 3 is 2.68 bits per heavy atom. The predicted octanol–water partition coefficient (Wildman–Crippen LogP) is 2.73. The molecule has 4 nitrogen and oxygen atoms in total. The van der Waals surface area contributed by atoms with Crippen LogP contribution in [0.25, 0.3) is 0 Å². The summed E-state index contributed by atoms with van der Waals surface area (Å²) in [7, 11) is 0. The fourth-order valence-corrected chi connectivity index (χ4v) is 1.83. The number of rotatable bonds is 8. The zero-order valence-corrected chi connectivity index (χ0v) is 11.6. The smallest absolute Gasteiger partial charge is 0.224 e. The van der Waals surface area contributed by atoms with Crippen molar-refractivity contribution in [2.75, 3.05) is 11.9 Å². The van der Waals surface area contributed by atoms with E-state index in [1.165, 1.54) is 11.9 Å². The maximum Gasteiger partial charge on any atom is 0.224 e. The lowest BCUT2D eigenvalue weighted by molar-refractivity contribution is -0.116. The monoisotopic (exact) mass is 261 g/mol. The lowest BCUT2D eigenvalue weighted by Crippen LogP contribution is -2.11. The van der Waals surface area contributed by atoms with Gasteiger partial charge in [-0.25, -0.2) is 0 Å². The molecule has 0 radical (unpaired) electrons. The number of carbonyl (C=O) groups excluding carboxylic acids is 1. The number of unbranched alkanes of at least 4 members (excludes halogenated alkanes) is 1. The summed E-state index contributed by atoms with van der Waals surface area (Å²) in [6.45, 7) is 2.85. The highest BCUT2D eigenvalue weighted by atomic mass is 16.1. The summed E-state index contributed by atoms with van der Waals surface area (Å²) in [5.74, 6) is 0.0555. The molecule has 0 fully saturated rings. The van der Waals surface area contributed by atoms with E-state index in [1.54, 1.807) is 0 Å². The molecule has 0 atom stereocenters. The van der Waals surface area contributed by atoms with E-state index in [0.717, 1.165) is 31.4 Å². The van der Waals surface area contributed by atoms with Crippen molar-refractivity contribution in [3.63, 3.8) is 0 Å². The molecule has 0 heterocycles. The minimum absolute atomic E-state index is 0.0555. The second-order valence-corrected chi connectivity index (χ2v) is 4.51. The molecule has 1 aromatic rings. The third kappa shape index (κ3) is 6.60. The Labute approximate surface area is 115 Å². The van der Waals surface area contributed by atoms with Crippen molar-refractivity contribution in [2.45, 2.75) is 39.0 Å². The van der Waals surface area contributed by atoms with Gasteiger partial charge in [0.25, 0.3) is 0 Å². The van der Waals surface area contributed by atoms with E-state index >= 15 is 0 Å². The molecule has 0 unspecified atom stereocenters. The molecule has 4 heteroatoms. The fraction of sp³-hybridized carbons (Fsp3) is 0.467. The molecule has 0 saturated heterocycles. The van der Waals surface area contributed by atoms with Crippen LogP contribution in [-0.4, -0.2) is 18.8 Å². The second-order valence-electron chi connectivity index (χ2n) is 4.51. The van der Waals surface area contributed by atoms with Crippen LogP contribution in [0.3, 0.4) is 0 Å². The predicted molar refractivity (Wildman–Crippen MR) is 80.5 cm³/mol. The van der Waals surface area contributed by atoms with Crippen LogP contribution < -0.4 is 11.1 Å². The molecule has 0 aliphatic carbocycles. The first-order valence-corrected chi connectivity index (χ1v) is 6.85. The summed E-state index contributed by atoms with van der Waals surface area (Å²) >= 11 is 0. The molecule has 0 aromatic heterocycles. The van der Waals surface area contributed by atoms with Crippen LogP contribution in [0.1, 0.15) is 38.2 Å². The van der Waals surface area contributed by atoms with Gasteiger partial charge in [-0.1, -0.05) is 25.5 Å². The number of aryl methyl sites for hydroxylation is 1. The summed E-state index contributed by atoms with van der Waals surface area (Å²) in [4.78, 5) is 15.6. The number of amides is 1. The van der Waals surface area contributed by atoms with Crippen molar-refractivity contribution in [1.82, 2.24) is 0 Å². The number of benzene rings is 1. The fourth-order valence-electron chi connectivity index (χ4n) is 1.83. The quantitative estimate of drug-likeness (QED) is 0.429. The van der Waals surface area contributed by atoms with Gasteiger partial charge in [-0.15, -0.1) is 0 Å². The summed E-state index contributed by atoms with van der Waals surface area (Å²) in [6, 6.07) is 8.05. The molecular weight excluding hydrogens is 238 g/mol. The molecule has 1 aromatic carbocycles. The Bertz CT molecular complexity index is 398. The molecule has 1 amide bonds. The van der Waals surface area contributed by atoms with Crippen LogP contribution in [0, 0.1) is 0 Å². The molecule has 1 rings (SSSR count). The van der Waals surface area contributed by atoms with Gasteiger partial charge in [0.15, 0.2) is 0 Å². The van der Waals surface area contributed by atoms with Crippen LogP contribution in [0.5, 0.6) is 0 Å². The Morgan fingerprint density at radius 2 is 2.05 bits per heavy atom. The second kappa shape index (κ2) is 9.14. The van der Waals surface area contributed by atoms with Gasteiger partial charge < -0.3 is 11.1 Å². The van der Waals surface area contributed by atoms with Crippen molar-refractivity contribution in [3.05, 3.63) is 29.8 Å². The number of nitrogens with zero attached hydrogens (tertiary/aromatic N) is 1. The lowest BCUT2D eigenvalue weighted by Gasteiger charge is -2.06. The van der Waals surface area contributed by atoms with Gasteiger partial charge in [0.2, 0.25) is 5.91 Å². The van der Waals surface area contributed by atoms with Gasteiger partial charge in [-0.2, -0.15) is 0 Å². The van der Waals surface area contributed by atoms with Crippen LogP contribution >= 0.6 is 0 Å². The van der Waals surface area contributed by atoms with E-state index < -0.39 is 0 Å². The Balaban J connectivity index is 2.27. The highest BCUT2D eigenvalue weighted by molar-refractivity contribution is 5.90. The summed E-state index contributed by atoms with van der Waals surface area (Å²) < 4.78 is 0.